The van der Waals surface area contributed by atoms with E-state index in [1.165, 1.54) is 24.0 Å². The quantitative estimate of drug-likeness (QED) is 0.759. The molecule has 92 valence electrons. The molecule has 2 nitrogen and oxygen atoms in total. The number of rotatable bonds is 1. The summed E-state index contributed by atoms with van der Waals surface area (Å²) in [6.45, 7) is 7.14. The second kappa shape index (κ2) is 3.89. The van der Waals surface area contributed by atoms with Gasteiger partial charge in [0, 0.05) is 12.1 Å². The Morgan fingerprint density at radius 1 is 1.41 bits per heavy atom. The Kier molecular flexibility index (Phi) is 2.60. The zero-order valence-corrected chi connectivity index (χ0v) is 11.2. The molecule has 1 saturated carbocycles. The van der Waals surface area contributed by atoms with E-state index in [1.54, 1.807) is 0 Å². The summed E-state index contributed by atoms with van der Waals surface area (Å²) in [5.41, 5.74) is 2.74. The number of hydrogen-bond acceptors (Lipinski definition) is 2. The molecule has 1 heterocycles. The molecule has 3 rings (SSSR count). The number of hydrogen-bond donors (Lipinski definition) is 0. The SMILES string of the molecule is CCN1Cc2cc(C)cc(Cl)c2OCC12CC2. The van der Waals surface area contributed by atoms with Crippen LogP contribution in [0.2, 0.25) is 5.02 Å². The van der Waals surface area contributed by atoms with E-state index >= 15 is 0 Å². The Balaban J connectivity index is 2.01. The van der Waals surface area contributed by atoms with Gasteiger partial charge in [0.15, 0.2) is 0 Å². The molecule has 1 aromatic rings. The van der Waals surface area contributed by atoms with Crippen LogP contribution in [0, 0.1) is 6.92 Å². The van der Waals surface area contributed by atoms with Gasteiger partial charge >= 0.3 is 0 Å². The minimum Gasteiger partial charge on any atom is -0.490 e. The maximum Gasteiger partial charge on any atom is 0.142 e. The number of likely N-dealkylation sites (N-methyl/N-ethyl adjacent to an activating group) is 1. The van der Waals surface area contributed by atoms with Gasteiger partial charge in [0.05, 0.1) is 10.6 Å². The molecular weight excluding hydrogens is 234 g/mol. The lowest BCUT2D eigenvalue weighted by atomic mass is 10.1. The van der Waals surface area contributed by atoms with Gasteiger partial charge in [0.2, 0.25) is 0 Å². The lowest BCUT2D eigenvalue weighted by Gasteiger charge is -2.27. The third-order valence-electron chi connectivity index (χ3n) is 3.99. The number of ether oxygens (including phenoxy) is 1. The zero-order chi connectivity index (χ0) is 12.0. The smallest absolute Gasteiger partial charge is 0.142 e. The van der Waals surface area contributed by atoms with Crippen LogP contribution in [-0.4, -0.2) is 23.6 Å². The first-order chi connectivity index (χ1) is 8.14. The van der Waals surface area contributed by atoms with Crippen LogP contribution in [0.25, 0.3) is 0 Å². The predicted molar refractivity (Wildman–Crippen MR) is 69.7 cm³/mol. The first-order valence-electron chi connectivity index (χ1n) is 6.31. The summed E-state index contributed by atoms with van der Waals surface area (Å²) >= 11 is 6.28. The Hall–Kier alpha value is -0.730. The van der Waals surface area contributed by atoms with Gasteiger partial charge in [0.1, 0.15) is 12.4 Å². The lowest BCUT2D eigenvalue weighted by Crippen LogP contribution is -2.39. The molecule has 1 fully saturated rings. The van der Waals surface area contributed by atoms with Gasteiger partial charge in [0.25, 0.3) is 0 Å². The number of nitrogens with zero attached hydrogens (tertiary/aromatic N) is 1. The Morgan fingerprint density at radius 2 is 2.18 bits per heavy atom. The van der Waals surface area contributed by atoms with Gasteiger partial charge in [-0.1, -0.05) is 24.6 Å². The van der Waals surface area contributed by atoms with Crippen molar-refractivity contribution in [3.8, 4) is 5.75 Å². The predicted octanol–water partition coefficient (Wildman–Crippen LogP) is 3.40. The van der Waals surface area contributed by atoms with Gasteiger partial charge in [-0.2, -0.15) is 0 Å². The summed E-state index contributed by atoms with van der Waals surface area (Å²) < 4.78 is 5.97. The molecule has 1 spiro atoms. The average molecular weight is 252 g/mol. The Bertz CT molecular complexity index is 454. The van der Waals surface area contributed by atoms with Crippen molar-refractivity contribution < 1.29 is 4.74 Å². The van der Waals surface area contributed by atoms with Crippen molar-refractivity contribution in [3.63, 3.8) is 0 Å². The van der Waals surface area contributed by atoms with Gasteiger partial charge in [-0.3, -0.25) is 4.90 Å². The van der Waals surface area contributed by atoms with Crippen LogP contribution in [0.4, 0.5) is 0 Å². The van der Waals surface area contributed by atoms with Crippen LogP contribution in [0.5, 0.6) is 5.75 Å². The highest BCUT2D eigenvalue weighted by molar-refractivity contribution is 6.32. The van der Waals surface area contributed by atoms with Crippen LogP contribution in [0.1, 0.15) is 30.9 Å². The summed E-state index contributed by atoms with van der Waals surface area (Å²) in [4.78, 5) is 2.54. The van der Waals surface area contributed by atoms with E-state index in [0.29, 0.717) is 5.54 Å². The molecule has 0 atom stereocenters. The molecule has 1 aliphatic carbocycles. The lowest BCUT2D eigenvalue weighted by molar-refractivity contribution is 0.133. The Morgan fingerprint density at radius 3 is 2.82 bits per heavy atom. The molecular formula is C14H18ClNO. The van der Waals surface area contributed by atoms with E-state index in [1.807, 2.05) is 6.07 Å². The molecule has 3 heteroatoms. The molecule has 0 radical (unpaired) electrons. The van der Waals surface area contributed by atoms with E-state index < -0.39 is 0 Å². The maximum absolute atomic E-state index is 6.28. The molecule has 0 saturated heterocycles. The molecule has 1 aromatic carbocycles. The maximum atomic E-state index is 6.28. The molecule has 0 N–H and O–H groups in total. The van der Waals surface area contributed by atoms with Crippen LogP contribution in [-0.2, 0) is 6.54 Å². The molecule has 17 heavy (non-hydrogen) atoms. The summed E-state index contributed by atoms with van der Waals surface area (Å²) in [6.07, 6.45) is 2.51. The summed E-state index contributed by atoms with van der Waals surface area (Å²) in [7, 11) is 0. The highest BCUT2D eigenvalue weighted by Gasteiger charge is 2.49. The van der Waals surface area contributed by atoms with Gasteiger partial charge in [-0.25, -0.2) is 0 Å². The average Bonchev–Trinajstić information content (AvgIpc) is 3.06. The highest BCUT2D eigenvalue weighted by atomic mass is 35.5. The number of halogens is 1. The van der Waals surface area contributed by atoms with E-state index in [9.17, 15) is 0 Å². The first kappa shape index (κ1) is 11.4. The summed E-state index contributed by atoms with van der Waals surface area (Å²) in [6, 6.07) is 4.19. The van der Waals surface area contributed by atoms with Crippen LogP contribution >= 0.6 is 11.6 Å². The summed E-state index contributed by atoms with van der Waals surface area (Å²) in [5.74, 6) is 0.902. The highest BCUT2D eigenvalue weighted by Crippen LogP contribution is 2.46. The number of fused-ring (bicyclic) bond motifs is 1. The largest absolute Gasteiger partial charge is 0.490 e. The van der Waals surface area contributed by atoms with Crippen molar-refractivity contribution in [2.75, 3.05) is 13.2 Å². The first-order valence-corrected chi connectivity index (χ1v) is 6.69. The topological polar surface area (TPSA) is 12.5 Å². The Labute approximate surface area is 108 Å². The van der Waals surface area contributed by atoms with Crippen LogP contribution in [0.15, 0.2) is 12.1 Å². The van der Waals surface area contributed by atoms with E-state index in [4.69, 9.17) is 16.3 Å². The van der Waals surface area contributed by atoms with Gasteiger partial charge in [-0.15, -0.1) is 0 Å². The minimum atomic E-state index is 0.297. The fraction of sp³-hybridized carbons (Fsp3) is 0.571. The van der Waals surface area contributed by atoms with Crippen LogP contribution in [0.3, 0.4) is 0 Å². The number of benzene rings is 1. The molecule has 2 aliphatic rings. The molecule has 0 aromatic heterocycles. The minimum absolute atomic E-state index is 0.297. The third kappa shape index (κ3) is 1.84. The van der Waals surface area contributed by atoms with E-state index in [-0.39, 0.29) is 0 Å². The van der Waals surface area contributed by atoms with E-state index in [2.05, 4.69) is 24.8 Å². The fourth-order valence-corrected chi connectivity index (χ4v) is 3.15. The van der Waals surface area contributed by atoms with Crippen molar-refractivity contribution >= 4 is 11.6 Å². The van der Waals surface area contributed by atoms with Gasteiger partial charge < -0.3 is 4.74 Å². The zero-order valence-electron chi connectivity index (χ0n) is 10.4. The van der Waals surface area contributed by atoms with Crippen molar-refractivity contribution in [2.24, 2.45) is 0 Å². The number of aryl methyl sites for hydroxylation is 1. The standard InChI is InChI=1S/C14H18ClNO/c1-3-16-8-11-6-10(2)7-12(15)13(11)17-9-14(16)4-5-14/h6-7H,3-5,8-9H2,1-2H3. The monoisotopic (exact) mass is 251 g/mol. The van der Waals surface area contributed by atoms with Crippen molar-refractivity contribution in [1.29, 1.82) is 0 Å². The summed E-state index contributed by atoms with van der Waals surface area (Å²) in [5, 5.41) is 0.758. The molecule has 0 amide bonds. The third-order valence-corrected chi connectivity index (χ3v) is 4.27. The molecule has 0 unspecified atom stereocenters. The second-order valence-electron chi connectivity index (χ2n) is 5.26. The normalized spacial score (nSPS) is 21.8. The van der Waals surface area contributed by atoms with Crippen molar-refractivity contribution in [3.05, 3.63) is 28.3 Å². The molecule has 1 aliphatic heterocycles. The van der Waals surface area contributed by atoms with Crippen molar-refractivity contribution in [2.45, 2.75) is 38.8 Å². The fourth-order valence-electron chi connectivity index (χ4n) is 2.80. The molecule has 0 bridgehead atoms. The van der Waals surface area contributed by atoms with E-state index in [0.717, 1.165) is 30.5 Å². The van der Waals surface area contributed by atoms with Crippen LogP contribution < -0.4 is 4.74 Å². The van der Waals surface area contributed by atoms with Gasteiger partial charge in [-0.05, 0) is 37.9 Å². The van der Waals surface area contributed by atoms with Crippen molar-refractivity contribution in [1.82, 2.24) is 4.90 Å². The second-order valence-corrected chi connectivity index (χ2v) is 5.67.